The Balaban J connectivity index is 2.03. The van der Waals surface area contributed by atoms with Crippen molar-refractivity contribution in [3.05, 3.63) is 46.2 Å². The minimum atomic E-state index is -0.316. The van der Waals surface area contributed by atoms with E-state index in [1.54, 1.807) is 12.1 Å². The van der Waals surface area contributed by atoms with E-state index in [0.29, 0.717) is 17.3 Å². The van der Waals surface area contributed by atoms with E-state index in [0.717, 1.165) is 5.56 Å². The van der Waals surface area contributed by atoms with Crippen LogP contribution in [-0.2, 0) is 11.2 Å². The molecule has 0 aliphatic heterocycles. The highest BCUT2D eigenvalue weighted by atomic mass is 79.9. The summed E-state index contributed by atoms with van der Waals surface area (Å²) in [6.45, 7) is 0. The number of hydrogen-bond acceptors (Lipinski definition) is 2. The van der Waals surface area contributed by atoms with E-state index >= 15 is 0 Å². The van der Waals surface area contributed by atoms with Crippen LogP contribution in [0.1, 0.15) is 12.0 Å². The van der Waals surface area contributed by atoms with E-state index in [4.69, 9.17) is 5.73 Å². The number of allylic oxidation sites excluding steroid dienone is 1. The standard InChI is InChI=1S/C13H13BrFNO/c14-11-5-8(1-4-12(11)15)6-13(17)9-2-3-10(16)7-9/h1-5,9-10H,6-7,16H2. The van der Waals surface area contributed by atoms with Gasteiger partial charge in [0.1, 0.15) is 11.6 Å². The zero-order valence-corrected chi connectivity index (χ0v) is 10.8. The Kier molecular flexibility index (Phi) is 3.74. The molecule has 0 aromatic heterocycles. The molecule has 0 spiro atoms. The highest BCUT2D eigenvalue weighted by Gasteiger charge is 2.22. The maximum atomic E-state index is 13.0. The van der Waals surface area contributed by atoms with Crippen LogP contribution in [0, 0.1) is 11.7 Å². The first-order chi connectivity index (χ1) is 8.06. The van der Waals surface area contributed by atoms with Crippen molar-refractivity contribution >= 4 is 21.7 Å². The Morgan fingerprint density at radius 2 is 2.24 bits per heavy atom. The monoisotopic (exact) mass is 297 g/mol. The van der Waals surface area contributed by atoms with Crippen molar-refractivity contribution in [3.8, 4) is 0 Å². The van der Waals surface area contributed by atoms with Gasteiger partial charge in [-0.1, -0.05) is 18.2 Å². The number of benzene rings is 1. The molecule has 2 unspecified atom stereocenters. The van der Waals surface area contributed by atoms with E-state index in [2.05, 4.69) is 15.9 Å². The summed E-state index contributed by atoms with van der Waals surface area (Å²) in [6.07, 6.45) is 4.73. The minimum absolute atomic E-state index is 0.0103. The minimum Gasteiger partial charge on any atom is -0.324 e. The maximum Gasteiger partial charge on any atom is 0.144 e. The zero-order chi connectivity index (χ0) is 12.4. The molecule has 2 nitrogen and oxygen atoms in total. The number of ketones is 1. The molecule has 1 aromatic rings. The summed E-state index contributed by atoms with van der Waals surface area (Å²) in [6, 6.07) is 4.63. The third-order valence-electron chi connectivity index (χ3n) is 2.89. The van der Waals surface area contributed by atoms with Gasteiger partial charge in [0, 0.05) is 18.4 Å². The van der Waals surface area contributed by atoms with Crippen LogP contribution < -0.4 is 5.73 Å². The zero-order valence-electron chi connectivity index (χ0n) is 9.20. The average molecular weight is 298 g/mol. The Morgan fingerprint density at radius 3 is 2.82 bits per heavy atom. The predicted molar refractivity (Wildman–Crippen MR) is 68.0 cm³/mol. The molecule has 0 saturated heterocycles. The summed E-state index contributed by atoms with van der Waals surface area (Å²) in [4.78, 5) is 11.9. The van der Waals surface area contributed by atoms with E-state index < -0.39 is 0 Å². The molecular formula is C13H13BrFNO. The van der Waals surface area contributed by atoms with Crippen molar-refractivity contribution in [1.82, 2.24) is 0 Å². The van der Waals surface area contributed by atoms with E-state index in [-0.39, 0.29) is 23.6 Å². The average Bonchev–Trinajstić information content (AvgIpc) is 2.70. The molecule has 1 aromatic carbocycles. The largest absolute Gasteiger partial charge is 0.324 e. The van der Waals surface area contributed by atoms with Gasteiger partial charge < -0.3 is 5.73 Å². The van der Waals surface area contributed by atoms with Gasteiger partial charge in [-0.25, -0.2) is 4.39 Å². The van der Waals surface area contributed by atoms with Gasteiger partial charge in [-0.3, -0.25) is 4.79 Å². The van der Waals surface area contributed by atoms with Crippen LogP contribution >= 0.6 is 15.9 Å². The molecule has 0 fully saturated rings. The van der Waals surface area contributed by atoms with Gasteiger partial charge in [0.15, 0.2) is 0 Å². The lowest BCUT2D eigenvalue weighted by molar-refractivity contribution is -0.120. The normalized spacial score (nSPS) is 23.0. The van der Waals surface area contributed by atoms with Gasteiger partial charge in [-0.15, -0.1) is 0 Å². The molecule has 2 N–H and O–H groups in total. The number of halogens is 2. The number of Topliss-reactive ketones (excluding diaryl/α,β-unsaturated/α-hetero) is 1. The van der Waals surface area contributed by atoms with Crippen molar-refractivity contribution in [2.45, 2.75) is 18.9 Å². The summed E-state index contributed by atoms with van der Waals surface area (Å²) < 4.78 is 13.4. The summed E-state index contributed by atoms with van der Waals surface area (Å²) in [5, 5.41) is 0. The third-order valence-corrected chi connectivity index (χ3v) is 3.50. The predicted octanol–water partition coefficient (Wildman–Crippen LogP) is 2.60. The molecular weight excluding hydrogens is 285 g/mol. The Bertz CT molecular complexity index is 472. The Morgan fingerprint density at radius 1 is 1.47 bits per heavy atom. The van der Waals surface area contributed by atoms with Gasteiger partial charge >= 0.3 is 0 Å². The summed E-state index contributed by atoms with van der Waals surface area (Å²) >= 11 is 3.11. The fourth-order valence-electron chi connectivity index (χ4n) is 1.95. The van der Waals surface area contributed by atoms with Crippen LogP contribution in [0.5, 0.6) is 0 Å². The number of nitrogens with two attached hydrogens (primary N) is 1. The van der Waals surface area contributed by atoms with Crippen molar-refractivity contribution < 1.29 is 9.18 Å². The van der Waals surface area contributed by atoms with Crippen molar-refractivity contribution in [3.63, 3.8) is 0 Å². The number of hydrogen-bond donors (Lipinski definition) is 1. The molecule has 0 amide bonds. The number of rotatable bonds is 3. The molecule has 90 valence electrons. The van der Waals surface area contributed by atoms with Gasteiger partial charge in [0.2, 0.25) is 0 Å². The fraction of sp³-hybridized carbons (Fsp3) is 0.308. The molecule has 0 bridgehead atoms. The first kappa shape index (κ1) is 12.5. The summed E-state index contributed by atoms with van der Waals surface area (Å²) in [7, 11) is 0. The SMILES string of the molecule is NC1C=CC(C(=O)Cc2ccc(F)c(Br)c2)C1. The first-order valence-electron chi connectivity index (χ1n) is 5.47. The third kappa shape index (κ3) is 3.01. The lowest BCUT2D eigenvalue weighted by Crippen LogP contribution is -2.20. The van der Waals surface area contributed by atoms with Crippen LogP contribution in [0.3, 0.4) is 0 Å². The quantitative estimate of drug-likeness (QED) is 0.872. The van der Waals surface area contributed by atoms with Crippen LogP contribution in [0.15, 0.2) is 34.8 Å². The topological polar surface area (TPSA) is 43.1 Å². The Hall–Kier alpha value is -1.00. The van der Waals surface area contributed by atoms with Gasteiger partial charge in [0.05, 0.1) is 4.47 Å². The lowest BCUT2D eigenvalue weighted by atomic mass is 9.97. The molecule has 2 rings (SSSR count). The molecule has 0 saturated carbocycles. The highest BCUT2D eigenvalue weighted by Crippen LogP contribution is 2.21. The molecule has 2 atom stereocenters. The van der Waals surface area contributed by atoms with E-state index in [1.165, 1.54) is 6.07 Å². The maximum absolute atomic E-state index is 13.0. The van der Waals surface area contributed by atoms with Crippen LogP contribution in [-0.4, -0.2) is 11.8 Å². The molecule has 17 heavy (non-hydrogen) atoms. The second-order valence-electron chi connectivity index (χ2n) is 4.28. The van der Waals surface area contributed by atoms with Gasteiger partial charge in [-0.2, -0.15) is 0 Å². The smallest absolute Gasteiger partial charge is 0.144 e. The van der Waals surface area contributed by atoms with Gasteiger partial charge in [-0.05, 0) is 40.0 Å². The van der Waals surface area contributed by atoms with Crippen molar-refractivity contribution in [2.24, 2.45) is 11.7 Å². The second kappa shape index (κ2) is 5.10. The van der Waals surface area contributed by atoms with E-state index in [1.807, 2.05) is 12.2 Å². The molecule has 4 heteroatoms. The fourth-order valence-corrected chi connectivity index (χ4v) is 2.37. The van der Waals surface area contributed by atoms with Gasteiger partial charge in [0.25, 0.3) is 0 Å². The summed E-state index contributed by atoms with van der Waals surface area (Å²) in [5.74, 6) is -0.273. The molecule has 1 aliphatic carbocycles. The highest BCUT2D eigenvalue weighted by molar-refractivity contribution is 9.10. The lowest BCUT2D eigenvalue weighted by Gasteiger charge is -2.08. The molecule has 0 heterocycles. The van der Waals surface area contributed by atoms with Crippen molar-refractivity contribution in [2.75, 3.05) is 0 Å². The van der Waals surface area contributed by atoms with E-state index in [9.17, 15) is 9.18 Å². The number of carbonyl (C=O) groups is 1. The van der Waals surface area contributed by atoms with Crippen LogP contribution in [0.25, 0.3) is 0 Å². The van der Waals surface area contributed by atoms with Crippen LogP contribution in [0.4, 0.5) is 4.39 Å². The van der Waals surface area contributed by atoms with Crippen molar-refractivity contribution in [1.29, 1.82) is 0 Å². The number of carbonyl (C=O) groups excluding carboxylic acids is 1. The molecule has 0 radical (unpaired) electrons. The first-order valence-corrected chi connectivity index (χ1v) is 6.26. The molecule has 1 aliphatic rings. The summed E-state index contributed by atoms with van der Waals surface area (Å²) in [5.41, 5.74) is 6.52. The Labute approximate surface area is 108 Å². The van der Waals surface area contributed by atoms with Crippen LogP contribution in [0.2, 0.25) is 0 Å². The second-order valence-corrected chi connectivity index (χ2v) is 5.14.